The van der Waals surface area contributed by atoms with Gasteiger partial charge >= 0.3 is 5.69 Å². The number of hydrogen-bond acceptors (Lipinski definition) is 4. The van der Waals surface area contributed by atoms with Crippen LogP contribution in [0, 0.1) is 6.92 Å². The van der Waals surface area contributed by atoms with Crippen molar-refractivity contribution < 1.29 is 4.79 Å². The molecule has 0 bridgehead atoms. The summed E-state index contributed by atoms with van der Waals surface area (Å²) in [7, 11) is 0. The molecule has 0 aliphatic rings. The summed E-state index contributed by atoms with van der Waals surface area (Å²) in [5.74, 6) is -0.137. The fourth-order valence-corrected chi connectivity index (χ4v) is 2.09. The standard InChI is InChI=1S/C14H12N4O2/c1-10-4-2-3-5-11(10)12(19)9-18-14(20)17-7-6-15-8-13(17)16-18/h2-8H,9H2,1H3. The number of fused-ring (bicyclic) bond motifs is 1. The Labute approximate surface area is 114 Å². The van der Waals surface area contributed by atoms with Crippen LogP contribution in [0.15, 0.2) is 47.7 Å². The molecule has 1 aromatic carbocycles. The highest BCUT2D eigenvalue weighted by Gasteiger charge is 2.13. The summed E-state index contributed by atoms with van der Waals surface area (Å²) in [6.07, 6.45) is 4.51. The average Bonchev–Trinajstić information content (AvgIpc) is 2.76. The summed E-state index contributed by atoms with van der Waals surface area (Å²) in [6.45, 7) is 1.79. The average molecular weight is 268 g/mol. The molecule has 0 fully saturated rings. The maximum Gasteiger partial charge on any atom is 0.350 e. The fourth-order valence-electron chi connectivity index (χ4n) is 2.09. The normalized spacial score (nSPS) is 10.8. The largest absolute Gasteiger partial charge is 0.350 e. The van der Waals surface area contributed by atoms with Gasteiger partial charge in [0.25, 0.3) is 0 Å². The minimum Gasteiger partial charge on any atom is -0.292 e. The van der Waals surface area contributed by atoms with E-state index in [4.69, 9.17) is 0 Å². The number of benzene rings is 1. The van der Waals surface area contributed by atoms with Gasteiger partial charge in [-0.15, -0.1) is 5.10 Å². The quantitative estimate of drug-likeness (QED) is 0.667. The van der Waals surface area contributed by atoms with Crippen molar-refractivity contribution in [2.75, 3.05) is 0 Å². The van der Waals surface area contributed by atoms with E-state index in [0.717, 1.165) is 10.2 Å². The number of aryl methyl sites for hydroxylation is 1. The van der Waals surface area contributed by atoms with Crippen molar-refractivity contribution >= 4 is 11.4 Å². The number of nitrogens with zero attached hydrogens (tertiary/aromatic N) is 4. The van der Waals surface area contributed by atoms with Crippen LogP contribution < -0.4 is 5.69 Å². The molecule has 0 aliphatic heterocycles. The summed E-state index contributed by atoms with van der Waals surface area (Å²) >= 11 is 0. The Morgan fingerprint density at radius 2 is 2.10 bits per heavy atom. The number of ketones is 1. The predicted molar refractivity (Wildman–Crippen MR) is 72.8 cm³/mol. The molecule has 0 atom stereocenters. The van der Waals surface area contributed by atoms with Crippen LogP contribution in [0.3, 0.4) is 0 Å². The second kappa shape index (κ2) is 4.73. The van der Waals surface area contributed by atoms with E-state index in [1.54, 1.807) is 12.1 Å². The molecule has 0 unspecified atom stereocenters. The van der Waals surface area contributed by atoms with Gasteiger partial charge in [-0.25, -0.2) is 13.9 Å². The highest BCUT2D eigenvalue weighted by molar-refractivity contribution is 5.97. The molecule has 6 heteroatoms. The van der Waals surface area contributed by atoms with E-state index in [1.165, 1.54) is 23.0 Å². The van der Waals surface area contributed by atoms with Crippen LogP contribution >= 0.6 is 0 Å². The van der Waals surface area contributed by atoms with Gasteiger partial charge in [0.05, 0.1) is 6.20 Å². The van der Waals surface area contributed by atoms with Crippen molar-refractivity contribution in [2.24, 2.45) is 0 Å². The van der Waals surface area contributed by atoms with E-state index in [0.29, 0.717) is 11.2 Å². The number of rotatable bonds is 3. The van der Waals surface area contributed by atoms with Crippen molar-refractivity contribution in [3.05, 3.63) is 64.5 Å². The molecule has 0 radical (unpaired) electrons. The van der Waals surface area contributed by atoms with Crippen LogP contribution in [0.2, 0.25) is 0 Å². The van der Waals surface area contributed by atoms with Crippen LogP contribution in [0.1, 0.15) is 15.9 Å². The molecular formula is C14H12N4O2. The van der Waals surface area contributed by atoms with Crippen LogP contribution in [-0.4, -0.2) is 24.9 Å². The Morgan fingerprint density at radius 1 is 1.30 bits per heavy atom. The Bertz CT molecular complexity index is 848. The molecule has 2 heterocycles. The maximum absolute atomic E-state index is 12.2. The first-order valence-electron chi connectivity index (χ1n) is 6.15. The Morgan fingerprint density at radius 3 is 2.85 bits per heavy atom. The van der Waals surface area contributed by atoms with Crippen molar-refractivity contribution in [3.8, 4) is 0 Å². The van der Waals surface area contributed by atoms with E-state index in [2.05, 4.69) is 10.1 Å². The van der Waals surface area contributed by atoms with Gasteiger partial charge in [-0.1, -0.05) is 24.3 Å². The van der Waals surface area contributed by atoms with Gasteiger partial charge < -0.3 is 0 Å². The number of hydrogen-bond donors (Lipinski definition) is 0. The van der Waals surface area contributed by atoms with Gasteiger partial charge in [-0.3, -0.25) is 9.78 Å². The smallest absolute Gasteiger partial charge is 0.292 e. The van der Waals surface area contributed by atoms with Gasteiger partial charge in [0, 0.05) is 18.0 Å². The van der Waals surface area contributed by atoms with E-state index >= 15 is 0 Å². The molecule has 0 saturated carbocycles. The first kappa shape index (κ1) is 12.3. The minimum atomic E-state index is -0.343. The van der Waals surface area contributed by atoms with Gasteiger partial charge in [-0.05, 0) is 12.5 Å². The first-order chi connectivity index (χ1) is 9.66. The molecule has 2 aromatic heterocycles. The summed E-state index contributed by atoms with van der Waals surface area (Å²) in [5, 5.41) is 4.09. The highest BCUT2D eigenvalue weighted by Crippen LogP contribution is 2.08. The lowest BCUT2D eigenvalue weighted by Gasteiger charge is -2.03. The molecule has 6 nitrogen and oxygen atoms in total. The monoisotopic (exact) mass is 268 g/mol. The summed E-state index contributed by atoms with van der Waals surface area (Å²) in [6, 6.07) is 7.29. The Hall–Kier alpha value is -2.76. The van der Waals surface area contributed by atoms with Crippen molar-refractivity contribution in [1.29, 1.82) is 0 Å². The molecule has 3 aromatic rings. The lowest BCUT2D eigenvalue weighted by atomic mass is 10.1. The zero-order valence-corrected chi connectivity index (χ0v) is 10.9. The number of Topliss-reactive ketones (excluding diaryl/α,β-unsaturated/α-hetero) is 1. The molecule has 20 heavy (non-hydrogen) atoms. The predicted octanol–water partition coefficient (Wildman–Crippen LogP) is 1.08. The van der Waals surface area contributed by atoms with Crippen LogP contribution in [0.5, 0.6) is 0 Å². The zero-order valence-electron chi connectivity index (χ0n) is 10.9. The van der Waals surface area contributed by atoms with Crippen molar-refractivity contribution in [3.63, 3.8) is 0 Å². The topological polar surface area (TPSA) is 69.3 Å². The number of carbonyl (C=O) groups excluding carboxylic acids is 1. The first-order valence-corrected chi connectivity index (χ1v) is 6.15. The molecule has 0 N–H and O–H groups in total. The summed E-state index contributed by atoms with van der Waals surface area (Å²) < 4.78 is 2.52. The molecule has 0 amide bonds. The van der Waals surface area contributed by atoms with Crippen molar-refractivity contribution in [2.45, 2.75) is 13.5 Å². The van der Waals surface area contributed by atoms with E-state index in [9.17, 15) is 9.59 Å². The van der Waals surface area contributed by atoms with Crippen LogP contribution in [0.25, 0.3) is 5.65 Å². The Balaban J connectivity index is 1.98. The lowest BCUT2D eigenvalue weighted by molar-refractivity contribution is 0.0965. The minimum absolute atomic E-state index is 0.0780. The zero-order chi connectivity index (χ0) is 14.1. The molecule has 0 aliphatic carbocycles. The second-order valence-corrected chi connectivity index (χ2v) is 4.48. The SMILES string of the molecule is Cc1ccccc1C(=O)Cn1nc2cnccn2c1=O. The van der Waals surface area contributed by atoms with Crippen molar-refractivity contribution in [1.82, 2.24) is 19.2 Å². The van der Waals surface area contributed by atoms with Crippen LogP contribution in [0.4, 0.5) is 0 Å². The Kier molecular flexibility index (Phi) is 2.90. The second-order valence-electron chi connectivity index (χ2n) is 4.48. The number of aromatic nitrogens is 4. The van der Waals surface area contributed by atoms with E-state index in [-0.39, 0.29) is 18.0 Å². The third-order valence-electron chi connectivity index (χ3n) is 3.13. The van der Waals surface area contributed by atoms with Gasteiger partial charge in [0.15, 0.2) is 11.4 Å². The maximum atomic E-state index is 12.2. The van der Waals surface area contributed by atoms with Crippen LogP contribution in [-0.2, 0) is 6.54 Å². The van der Waals surface area contributed by atoms with E-state index < -0.39 is 0 Å². The summed E-state index contributed by atoms with van der Waals surface area (Å²) in [5.41, 5.74) is 1.57. The van der Waals surface area contributed by atoms with E-state index in [1.807, 2.05) is 19.1 Å². The highest BCUT2D eigenvalue weighted by atomic mass is 16.2. The third kappa shape index (κ3) is 2.01. The fraction of sp³-hybridized carbons (Fsp3) is 0.143. The number of carbonyl (C=O) groups is 1. The van der Waals surface area contributed by atoms with Gasteiger partial charge in [-0.2, -0.15) is 0 Å². The van der Waals surface area contributed by atoms with Gasteiger partial charge in [0.1, 0.15) is 6.54 Å². The molecule has 3 rings (SSSR count). The summed E-state index contributed by atoms with van der Waals surface area (Å²) in [4.78, 5) is 28.2. The molecular weight excluding hydrogens is 256 g/mol. The molecule has 100 valence electrons. The molecule has 0 spiro atoms. The van der Waals surface area contributed by atoms with Gasteiger partial charge in [0.2, 0.25) is 0 Å². The third-order valence-corrected chi connectivity index (χ3v) is 3.13. The lowest BCUT2D eigenvalue weighted by Crippen LogP contribution is -2.25. The molecule has 0 saturated heterocycles.